The summed E-state index contributed by atoms with van der Waals surface area (Å²) in [5, 5.41) is 1.51. The van der Waals surface area contributed by atoms with Crippen LogP contribution in [0.5, 0.6) is 0 Å². The van der Waals surface area contributed by atoms with E-state index >= 15 is 0 Å². The largest absolute Gasteiger partial charge is 0.466 e. The van der Waals surface area contributed by atoms with Gasteiger partial charge in [0.15, 0.2) is 0 Å². The van der Waals surface area contributed by atoms with Crippen LogP contribution < -0.4 is 0 Å². The topological polar surface area (TPSA) is 30.4 Å². The van der Waals surface area contributed by atoms with Gasteiger partial charge in [0.05, 0.1) is 19.1 Å². The molecule has 0 aliphatic rings. The molecule has 27 heavy (non-hydrogen) atoms. The number of para-hydroxylation sites is 1. The number of rotatable bonds is 2. The summed E-state index contributed by atoms with van der Waals surface area (Å²) in [4.78, 5) is 8.04. The van der Waals surface area contributed by atoms with E-state index in [9.17, 15) is 0 Å². The van der Waals surface area contributed by atoms with Crippen LogP contribution in [0.4, 0.5) is 5.69 Å². The molecule has 0 unspecified atom stereocenters. The molecule has 126 valence electrons. The van der Waals surface area contributed by atoms with Gasteiger partial charge in [-0.15, -0.1) is 0 Å². The Hall–Kier alpha value is -3.90. The molecule has 0 saturated carbocycles. The predicted octanol–water partition coefficient (Wildman–Crippen LogP) is 6.87. The Kier molecular flexibility index (Phi) is 2.48. The van der Waals surface area contributed by atoms with Gasteiger partial charge < -0.3 is 4.42 Å². The third-order valence-corrected chi connectivity index (χ3v) is 4.46. The molecule has 3 heteroatoms. The number of hydrogen-bond donors (Lipinski definition) is 0. The Morgan fingerprint density at radius 1 is 0.852 bits per heavy atom. The van der Waals surface area contributed by atoms with Crippen LogP contribution >= 0.6 is 0 Å². The van der Waals surface area contributed by atoms with E-state index in [2.05, 4.69) is 9.83 Å². The molecule has 0 spiro atoms. The lowest BCUT2D eigenvalue weighted by atomic mass is 10.0. The summed E-state index contributed by atoms with van der Waals surface area (Å²) >= 11 is 0. The number of aromatic nitrogens is 1. The molecule has 0 bridgehead atoms. The quantitative estimate of drug-likeness (QED) is 0.325. The summed E-state index contributed by atoms with van der Waals surface area (Å²) < 4.78 is 46.5. The average molecular weight is 351 g/mol. The van der Waals surface area contributed by atoms with E-state index in [0.717, 1.165) is 16.6 Å². The maximum atomic E-state index is 8.29. The predicted molar refractivity (Wildman–Crippen MR) is 109 cm³/mol. The zero-order valence-corrected chi connectivity index (χ0v) is 14.0. The Morgan fingerprint density at radius 2 is 1.70 bits per heavy atom. The van der Waals surface area contributed by atoms with Gasteiger partial charge in [-0.2, -0.15) is 0 Å². The second kappa shape index (κ2) is 6.12. The van der Waals surface area contributed by atoms with Crippen molar-refractivity contribution in [1.29, 1.82) is 0 Å². The maximum absolute atomic E-state index is 8.29. The number of furan rings is 1. The zero-order chi connectivity index (χ0) is 22.6. The van der Waals surface area contributed by atoms with Crippen LogP contribution in [0, 0.1) is 6.57 Å². The van der Waals surface area contributed by atoms with Crippen molar-refractivity contribution in [3.63, 3.8) is 0 Å². The van der Waals surface area contributed by atoms with Gasteiger partial charge in [0.2, 0.25) is 5.69 Å². The van der Waals surface area contributed by atoms with Crippen LogP contribution in [0.2, 0.25) is 0 Å². The van der Waals surface area contributed by atoms with Crippen molar-refractivity contribution in [1.82, 2.24) is 4.98 Å². The normalized spacial score (nSPS) is 13.5. The molecule has 0 amide bonds. The number of pyridine rings is 1. The van der Waals surface area contributed by atoms with Crippen molar-refractivity contribution in [3.05, 3.63) is 96.4 Å². The van der Waals surface area contributed by atoms with E-state index in [-0.39, 0.29) is 28.9 Å². The van der Waals surface area contributed by atoms with Gasteiger partial charge in [0.1, 0.15) is 11.2 Å². The fourth-order valence-electron chi connectivity index (χ4n) is 3.27. The first kappa shape index (κ1) is 10.9. The highest BCUT2D eigenvalue weighted by atomic mass is 16.3. The first-order valence-corrected chi connectivity index (χ1v) is 8.28. The molecule has 0 saturated heterocycles. The lowest BCUT2D eigenvalue weighted by Gasteiger charge is -2.04. The number of hydrogen-bond acceptors (Lipinski definition) is 2. The molecule has 3 nitrogen and oxygen atoms in total. The molecule has 5 aromatic rings. The lowest BCUT2D eigenvalue weighted by molar-refractivity contribution is 0.671. The Labute approximate surface area is 163 Å². The molecule has 5 rings (SSSR count). The standard InChI is InChI=1S/C24H14N2O/c1-25-22-17(16-8-3-2-4-9-16)13-14-19-18-10-7-11-20(23(18)27-24(19)22)21-12-5-6-15-26-21/h2-15H/i2D,3D,4D,8D,9D. The van der Waals surface area contributed by atoms with E-state index in [4.69, 9.17) is 17.8 Å². The minimum Gasteiger partial charge on any atom is -0.466 e. The SMILES string of the molecule is [2H]c1c([2H])c([2H])c(-c2ccc3c(oc4c(-c5ccccn5)cccc43)c2[N+]#[C-])c([2H])c1[2H]. The average Bonchev–Trinajstić information content (AvgIpc) is 3.21. The highest BCUT2D eigenvalue weighted by Crippen LogP contribution is 2.43. The minimum atomic E-state index is -0.474. The molecular formula is C24H14N2O. The maximum Gasteiger partial charge on any atom is 0.237 e. The van der Waals surface area contributed by atoms with Gasteiger partial charge in [-0.05, 0) is 29.3 Å². The second-order valence-electron chi connectivity index (χ2n) is 5.95. The third kappa shape index (κ3) is 2.39. The fraction of sp³-hybridized carbons (Fsp3) is 0. The van der Waals surface area contributed by atoms with E-state index in [0.29, 0.717) is 16.6 Å². The molecule has 3 aromatic carbocycles. The third-order valence-electron chi connectivity index (χ3n) is 4.46. The summed E-state index contributed by atoms with van der Waals surface area (Å²) in [5.74, 6) is 0. The molecule has 0 atom stereocenters. The summed E-state index contributed by atoms with van der Waals surface area (Å²) in [7, 11) is 0. The Morgan fingerprint density at radius 3 is 2.48 bits per heavy atom. The first-order chi connectivity index (χ1) is 15.4. The van der Waals surface area contributed by atoms with Gasteiger partial charge in [0.25, 0.3) is 0 Å². The summed E-state index contributed by atoms with van der Waals surface area (Å²) in [6.45, 7) is 7.80. The molecule has 0 radical (unpaired) electrons. The molecule has 0 N–H and O–H groups in total. The van der Waals surface area contributed by atoms with Gasteiger partial charge in [0, 0.05) is 22.5 Å². The van der Waals surface area contributed by atoms with Crippen LogP contribution in [0.3, 0.4) is 0 Å². The monoisotopic (exact) mass is 351 g/mol. The van der Waals surface area contributed by atoms with Gasteiger partial charge in [-0.1, -0.05) is 60.5 Å². The van der Waals surface area contributed by atoms with Crippen LogP contribution in [0.25, 0.3) is 49.2 Å². The number of nitrogens with zero attached hydrogens (tertiary/aromatic N) is 2. The first-order valence-electron chi connectivity index (χ1n) is 10.8. The second-order valence-corrected chi connectivity index (χ2v) is 5.95. The zero-order valence-electron chi connectivity index (χ0n) is 19.0. The Bertz CT molecular complexity index is 1560. The summed E-state index contributed by atoms with van der Waals surface area (Å²) in [6, 6.07) is 12.5. The van der Waals surface area contributed by atoms with Gasteiger partial charge in [-0.25, -0.2) is 4.85 Å². The highest BCUT2D eigenvalue weighted by molar-refractivity contribution is 6.14. The van der Waals surface area contributed by atoms with Crippen molar-refractivity contribution in [3.8, 4) is 22.4 Å². The van der Waals surface area contributed by atoms with Crippen molar-refractivity contribution in [2.75, 3.05) is 0 Å². The molecule has 2 heterocycles. The van der Waals surface area contributed by atoms with Gasteiger partial charge in [-0.3, -0.25) is 4.98 Å². The van der Waals surface area contributed by atoms with E-state index in [1.54, 1.807) is 18.3 Å². The van der Waals surface area contributed by atoms with Crippen LogP contribution in [0.15, 0.2) is 89.4 Å². The molecular weight excluding hydrogens is 332 g/mol. The molecule has 0 fully saturated rings. The van der Waals surface area contributed by atoms with E-state index in [1.807, 2.05) is 36.4 Å². The highest BCUT2D eigenvalue weighted by Gasteiger charge is 2.18. The molecule has 0 aliphatic carbocycles. The van der Waals surface area contributed by atoms with Crippen molar-refractivity contribution in [2.24, 2.45) is 0 Å². The smallest absolute Gasteiger partial charge is 0.237 e. The van der Waals surface area contributed by atoms with Crippen molar-refractivity contribution < 1.29 is 11.3 Å². The summed E-state index contributed by atoms with van der Waals surface area (Å²) in [5.41, 5.74) is 2.71. The summed E-state index contributed by atoms with van der Waals surface area (Å²) in [6.07, 6.45) is 1.69. The van der Waals surface area contributed by atoms with Crippen molar-refractivity contribution >= 4 is 27.6 Å². The van der Waals surface area contributed by atoms with E-state index in [1.165, 1.54) is 0 Å². The minimum absolute atomic E-state index is 0.0192. The number of benzene rings is 3. The Balaban J connectivity index is 1.87. The van der Waals surface area contributed by atoms with E-state index < -0.39 is 18.1 Å². The van der Waals surface area contributed by atoms with Gasteiger partial charge >= 0.3 is 0 Å². The lowest BCUT2D eigenvalue weighted by Crippen LogP contribution is -1.81. The molecule has 0 aliphatic heterocycles. The van der Waals surface area contributed by atoms with Crippen LogP contribution in [-0.4, -0.2) is 4.98 Å². The molecule has 2 aromatic heterocycles. The number of fused-ring (bicyclic) bond motifs is 3. The fourth-order valence-corrected chi connectivity index (χ4v) is 3.27. The van der Waals surface area contributed by atoms with Crippen molar-refractivity contribution in [2.45, 2.75) is 0 Å². The van der Waals surface area contributed by atoms with Crippen LogP contribution in [-0.2, 0) is 0 Å². The van der Waals surface area contributed by atoms with Crippen LogP contribution in [0.1, 0.15) is 6.85 Å².